The molecule has 0 aromatic carbocycles. The van der Waals surface area contributed by atoms with E-state index in [-0.39, 0.29) is 0 Å². The Bertz CT molecular complexity index is 156. The topological polar surface area (TPSA) is 21.3 Å². The molecule has 2 nitrogen and oxygen atoms in total. The average molecular weight is 167 g/mol. The van der Waals surface area contributed by atoms with Crippen LogP contribution < -0.4 is 5.32 Å². The minimum Gasteiger partial charge on any atom is -0.377 e. The van der Waals surface area contributed by atoms with Gasteiger partial charge in [-0.05, 0) is 26.2 Å². The molecular formula is C10H17NO. The van der Waals surface area contributed by atoms with E-state index in [2.05, 4.69) is 18.2 Å². The molecule has 0 radical (unpaired) electrons. The van der Waals surface area contributed by atoms with Crippen LogP contribution in [-0.4, -0.2) is 25.3 Å². The highest BCUT2D eigenvalue weighted by Crippen LogP contribution is 2.15. The first kappa shape index (κ1) is 9.57. The molecular weight excluding hydrogens is 150 g/mol. The number of hydrogen-bond donors (Lipinski definition) is 1. The van der Waals surface area contributed by atoms with Gasteiger partial charge in [0.1, 0.15) is 0 Å². The molecule has 1 heterocycles. The summed E-state index contributed by atoms with van der Waals surface area (Å²) in [7, 11) is 0. The number of ether oxygens (including phenoxy) is 1. The first-order chi connectivity index (χ1) is 5.84. The largest absolute Gasteiger partial charge is 0.377 e. The van der Waals surface area contributed by atoms with E-state index in [9.17, 15) is 0 Å². The van der Waals surface area contributed by atoms with E-state index in [0.29, 0.717) is 18.7 Å². The molecule has 0 aliphatic carbocycles. The normalized spacial score (nSPS) is 26.2. The fraction of sp³-hybridized carbons (Fsp3) is 0.800. The quantitative estimate of drug-likeness (QED) is 0.637. The maximum absolute atomic E-state index is 5.61. The Kier molecular flexibility index (Phi) is 4.13. The number of rotatable bonds is 3. The lowest BCUT2D eigenvalue weighted by Gasteiger charge is -2.28. The van der Waals surface area contributed by atoms with E-state index in [1.165, 1.54) is 19.3 Å². The van der Waals surface area contributed by atoms with Gasteiger partial charge in [-0.25, -0.2) is 0 Å². The van der Waals surface area contributed by atoms with Gasteiger partial charge in [0.25, 0.3) is 0 Å². The molecule has 0 amide bonds. The molecule has 0 spiro atoms. The van der Waals surface area contributed by atoms with Crippen LogP contribution in [0.25, 0.3) is 0 Å². The Morgan fingerprint density at radius 2 is 2.50 bits per heavy atom. The van der Waals surface area contributed by atoms with E-state index in [0.717, 1.165) is 6.61 Å². The van der Waals surface area contributed by atoms with Gasteiger partial charge in [0.05, 0.1) is 12.6 Å². The summed E-state index contributed by atoms with van der Waals surface area (Å²) < 4.78 is 5.61. The zero-order chi connectivity index (χ0) is 8.81. The fourth-order valence-corrected chi connectivity index (χ4v) is 1.51. The van der Waals surface area contributed by atoms with Crippen LogP contribution in [0.15, 0.2) is 0 Å². The Morgan fingerprint density at radius 3 is 3.08 bits per heavy atom. The van der Waals surface area contributed by atoms with E-state index in [4.69, 9.17) is 11.2 Å². The van der Waals surface area contributed by atoms with Crippen LogP contribution in [0.1, 0.15) is 26.2 Å². The first-order valence-corrected chi connectivity index (χ1v) is 4.63. The van der Waals surface area contributed by atoms with Gasteiger partial charge in [-0.1, -0.05) is 5.92 Å². The molecule has 0 saturated carbocycles. The number of hydrogen-bond acceptors (Lipinski definition) is 2. The standard InChI is InChI=1S/C10H17NO/c1-3-7-11-9(2)10-6-4-5-8-12-10/h1,9-11H,4-8H2,2H3. The van der Waals surface area contributed by atoms with Gasteiger partial charge >= 0.3 is 0 Å². The van der Waals surface area contributed by atoms with Gasteiger partial charge in [0.15, 0.2) is 0 Å². The lowest BCUT2D eigenvalue weighted by molar-refractivity contribution is -0.00280. The molecule has 2 atom stereocenters. The van der Waals surface area contributed by atoms with Crippen LogP contribution in [0.2, 0.25) is 0 Å². The maximum atomic E-state index is 5.61. The Labute approximate surface area is 74.7 Å². The van der Waals surface area contributed by atoms with Crippen molar-refractivity contribution in [2.45, 2.75) is 38.3 Å². The van der Waals surface area contributed by atoms with Crippen molar-refractivity contribution in [2.75, 3.05) is 13.2 Å². The van der Waals surface area contributed by atoms with Crippen LogP contribution in [0.5, 0.6) is 0 Å². The van der Waals surface area contributed by atoms with Crippen molar-refractivity contribution in [3.05, 3.63) is 0 Å². The summed E-state index contributed by atoms with van der Waals surface area (Å²) in [5.41, 5.74) is 0. The van der Waals surface area contributed by atoms with Crippen molar-refractivity contribution in [1.29, 1.82) is 0 Å². The van der Waals surface area contributed by atoms with E-state index >= 15 is 0 Å². The van der Waals surface area contributed by atoms with Crippen LogP contribution in [0.3, 0.4) is 0 Å². The lowest BCUT2D eigenvalue weighted by atomic mass is 10.0. The van der Waals surface area contributed by atoms with E-state index in [1.807, 2.05) is 0 Å². The summed E-state index contributed by atoms with van der Waals surface area (Å²) in [4.78, 5) is 0. The molecule has 0 aromatic rings. The van der Waals surface area contributed by atoms with Crippen molar-refractivity contribution in [3.8, 4) is 12.3 Å². The van der Waals surface area contributed by atoms with E-state index < -0.39 is 0 Å². The monoisotopic (exact) mass is 167 g/mol. The van der Waals surface area contributed by atoms with Gasteiger partial charge in [-0.2, -0.15) is 0 Å². The van der Waals surface area contributed by atoms with Gasteiger partial charge in [-0.15, -0.1) is 6.42 Å². The van der Waals surface area contributed by atoms with Gasteiger partial charge in [0.2, 0.25) is 0 Å². The Balaban J connectivity index is 2.21. The van der Waals surface area contributed by atoms with Crippen molar-refractivity contribution in [1.82, 2.24) is 5.32 Å². The van der Waals surface area contributed by atoms with Crippen LogP contribution in [0, 0.1) is 12.3 Å². The molecule has 1 fully saturated rings. The molecule has 1 aliphatic heterocycles. The summed E-state index contributed by atoms with van der Waals surface area (Å²) in [6, 6.07) is 0.390. The second-order valence-electron chi connectivity index (χ2n) is 3.28. The second kappa shape index (κ2) is 5.18. The van der Waals surface area contributed by atoms with Crippen LogP contribution in [0.4, 0.5) is 0 Å². The zero-order valence-electron chi connectivity index (χ0n) is 7.68. The minimum atomic E-state index is 0.368. The predicted molar refractivity (Wildman–Crippen MR) is 49.9 cm³/mol. The third kappa shape index (κ3) is 2.84. The Morgan fingerprint density at radius 1 is 1.67 bits per heavy atom. The molecule has 1 saturated heterocycles. The summed E-state index contributed by atoms with van der Waals surface area (Å²) in [5.74, 6) is 2.57. The molecule has 2 heteroatoms. The lowest BCUT2D eigenvalue weighted by Crippen LogP contribution is -2.40. The van der Waals surface area contributed by atoms with Crippen molar-refractivity contribution in [2.24, 2.45) is 0 Å². The molecule has 1 rings (SSSR count). The third-order valence-electron chi connectivity index (χ3n) is 2.30. The van der Waals surface area contributed by atoms with Crippen LogP contribution in [-0.2, 0) is 4.74 Å². The van der Waals surface area contributed by atoms with E-state index in [1.54, 1.807) is 0 Å². The van der Waals surface area contributed by atoms with Crippen LogP contribution >= 0.6 is 0 Å². The highest BCUT2D eigenvalue weighted by atomic mass is 16.5. The molecule has 1 N–H and O–H groups in total. The SMILES string of the molecule is C#CCNC(C)C1CCCCO1. The molecule has 2 unspecified atom stereocenters. The molecule has 68 valence electrons. The smallest absolute Gasteiger partial charge is 0.0725 e. The fourth-order valence-electron chi connectivity index (χ4n) is 1.51. The molecule has 0 aromatic heterocycles. The summed E-state index contributed by atoms with van der Waals surface area (Å²) in [6.07, 6.45) is 9.18. The van der Waals surface area contributed by atoms with Gasteiger partial charge in [-0.3, -0.25) is 0 Å². The van der Waals surface area contributed by atoms with Gasteiger partial charge < -0.3 is 10.1 Å². The highest BCUT2D eigenvalue weighted by molar-refractivity contribution is 4.89. The molecule has 12 heavy (non-hydrogen) atoms. The van der Waals surface area contributed by atoms with Gasteiger partial charge in [0, 0.05) is 12.6 Å². The first-order valence-electron chi connectivity index (χ1n) is 4.63. The minimum absolute atomic E-state index is 0.368. The number of terminal acetylenes is 1. The zero-order valence-corrected chi connectivity index (χ0v) is 7.68. The second-order valence-corrected chi connectivity index (χ2v) is 3.28. The summed E-state index contributed by atoms with van der Waals surface area (Å²) in [5, 5.41) is 3.24. The summed E-state index contributed by atoms with van der Waals surface area (Å²) >= 11 is 0. The summed E-state index contributed by atoms with van der Waals surface area (Å²) in [6.45, 7) is 3.68. The maximum Gasteiger partial charge on any atom is 0.0725 e. The van der Waals surface area contributed by atoms with Crippen molar-refractivity contribution < 1.29 is 4.74 Å². The highest BCUT2D eigenvalue weighted by Gasteiger charge is 2.19. The molecule has 1 aliphatic rings. The number of nitrogens with one attached hydrogen (secondary N) is 1. The van der Waals surface area contributed by atoms with Crippen molar-refractivity contribution >= 4 is 0 Å². The molecule has 0 bridgehead atoms. The predicted octanol–water partition coefficient (Wildman–Crippen LogP) is 1.17. The average Bonchev–Trinajstić information content (AvgIpc) is 2.15. The van der Waals surface area contributed by atoms with Crippen molar-refractivity contribution in [3.63, 3.8) is 0 Å². The Hall–Kier alpha value is -0.520. The third-order valence-corrected chi connectivity index (χ3v) is 2.30.